The second kappa shape index (κ2) is 22.3. The average molecular weight is 790 g/mol. The molecule has 10 heteroatoms. The van der Waals surface area contributed by atoms with Crippen LogP contribution in [0.3, 0.4) is 0 Å². The largest absolute Gasteiger partial charge is 0.461 e. The first-order valence-electron chi connectivity index (χ1n) is 22.1. The molecule has 0 spiro atoms. The van der Waals surface area contributed by atoms with Crippen LogP contribution in [0, 0.1) is 47.3 Å². The van der Waals surface area contributed by atoms with E-state index in [-0.39, 0.29) is 67.1 Å². The Kier molecular flexibility index (Phi) is 17.3. The standard InChI is InChI=1S/C47H67NO9/c1-5-32-9-13-34(14-10-32)36-17-21-38(22-18-36)46(52)56-40-25-26-42(57-47(53)39-23-19-37(20-24-39)35-15-11-33(6-2)12-16-35)41(31-40)45(51)48(27-29-54-43(49)7-3)28-30-55-44(50)8-4/h7-8,25-26,31-39H,3-6,9-24,27-30H2,1-2H3. The van der Waals surface area contributed by atoms with Crippen molar-refractivity contribution in [1.29, 1.82) is 0 Å². The van der Waals surface area contributed by atoms with Gasteiger partial charge in [-0.15, -0.1) is 0 Å². The molecule has 4 saturated carbocycles. The van der Waals surface area contributed by atoms with Crippen molar-refractivity contribution in [2.75, 3.05) is 26.3 Å². The van der Waals surface area contributed by atoms with Crippen molar-refractivity contribution in [1.82, 2.24) is 4.90 Å². The van der Waals surface area contributed by atoms with Crippen LogP contribution in [-0.2, 0) is 28.7 Å². The molecule has 0 atom stereocenters. The number of rotatable bonds is 17. The molecule has 57 heavy (non-hydrogen) atoms. The molecule has 0 heterocycles. The van der Waals surface area contributed by atoms with Crippen LogP contribution < -0.4 is 9.47 Å². The van der Waals surface area contributed by atoms with Gasteiger partial charge in [-0.1, -0.05) is 65.5 Å². The zero-order valence-corrected chi connectivity index (χ0v) is 34.6. The minimum Gasteiger partial charge on any atom is -0.461 e. The molecule has 0 radical (unpaired) electrons. The number of carbonyl (C=O) groups is 5. The number of ether oxygens (including phenoxy) is 4. The Hall–Kier alpha value is -3.95. The lowest BCUT2D eigenvalue weighted by molar-refractivity contribution is -0.141. The molecule has 0 unspecified atom stereocenters. The number of carbonyl (C=O) groups excluding carboxylic acids is 5. The van der Waals surface area contributed by atoms with Crippen LogP contribution in [0.1, 0.15) is 140 Å². The van der Waals surface area contributed by atoms with Crippen LogP contribution in [-0.4, -0.2) is 61.0 Å². The Bertz CT molecular complexity index is 1500. The lowest BCUT2D eigenvalue weighted by Gasteiger charge is -2.37. The molecule has 0 saturated heterocycles. The van der Waals surface area contributed by atoms with E-state index in [9.17, 15) is 24.0 Å². The third kappa shape index (κ3) is 12.8. The number of hydrogen-bond donors (Lipinski definition) is 0. The summed E-state index contributed by atoms with van der Waals surface area (Å²) in [5, 5.41) is 0. The summed E-state index contributed by atoms with van der Waals surface area (Å²) in [6.45, 7) is 11.0. The maximum Gasteiger partial charge on any atom is 0.330 e. The molecule has 4 fully saturated rings. The smallest absolute Gasteiger partial charge is 0.330 e. The summed E-state index contributed by atoms with van der Waals surface area (Å²) < 4.78 is 22.3. The Labute approximate surface area is 340 Å². The molecule has 5 rings (SSSR count). The molecular weight excluding hydrogens is 723 g/mol. The van der Waals surface area contributed by atoms with Crippen LogP contribution in [0.15, 0.2) is 43.5 Å². The maximum atomic E-state index is 14.3. The Morgan fingerprint density at radius 3 is 1.40 bits per heavy atom. The van der Waals surface area contributed by atoms with Gasteiger partial charge in [0.25, 0.3) is 5.91 Å². The van der Waals surface area contributed by atoms with E-state index in [2.05, 4.69) is 27.0 Å². The molecular formula is C47H67NO9. The van der Waals surface area contributed by atoms with Crippen LogP contribution in [0.25, 0.3) is 0 Å². The summed E-state index contributed by atoms with van der Waals surface area (Å²) >= 11 is 0. The molecule has 314 valence electrons. The summed E-state index contributed by atoms with van der Waals surface area (Å²) in [4.78, 5) is 66.5. The molecule has 0 aliphatic heterocycles. The van der Waals surface area contributed by atoms with Gasteiger partial charge in [0.2, 0.25) is 0 Å². The van der Waals surface area contributed by atoms with Crippen LogP contribution in [0.5, 0.6) is 11.5 Å². The Morgan fingerprint density at radius 2 is 1.00 bits per heavy atom. The molecule has 1 amide bonds. The van der Waals surface area contributed by atoms with Gasteiger partial charge in [0.15, 0.2) is 0 Å². The second-order valence-corrected chi connectivity index (χ2v) is 17.1. The van der Waals surface area contributed by atoms with Crippen LogP contribution in [0.2, 0.25) is 0 Å². The van der Waals surface area contributed by atoms with E-state index in [0.29, 0.717) is 11.8 Å². The van der Waals surface area contributed by atoms with Crippen molar-refractivity contribution in [2.24, 2.45) is 47.3 Å². The molecule has 0 aromatic heterocycles. The number of benzene rings is 1. The highest BCUT2D eigenvalue weighted by Crippen LogP contribution is 2.44. The summed E-state index contributed by atoms with van der Waals surface area (Å²) in [6.07, 6.45) is 22.0. The van der Waals surface area contributed by atoms with E-state index in [1.807, 2.05) is 0 Å². The van der Waals surface area contributed by atoms with Gasteiger partial charge in [0.05, 0.1) is 30.5 Å². The van der Waals surface area contributed by atoms with Crippen molar-refractivity contribution < 1.29 is 42.9 Å². The highest BCUT2D eigenvalue weighted by Gasteiger charge is 2.36. The average Bonchev–Trinajstić information content (AvgIpc) is 3.26. The topological polar surface area (TPSA) is 126 Å². The number of nitrogens with zero attached hydrogens (tertiary/aromatic N) is 1. The van der Waals surface area contributed by atoms with E-state index in [1.54, 1.807) is 6.07 Å². The highest BCUT2D eigenvalue weighted by atomic mass is 16.5. The zero-order valence-electron chi connectivity index (χ0n) is 34.6. The van der Waals surface area contributed by atoms with Crippen molar-refractivity contribution in [3.63, 3.8) is 0 Å². The number of amides is 1. The first-order valence-corrected chi connectivity index (χ1v) is 22.1. The predicted octanol–water partition coefficient (Wildman–Crippen LogP) is 9.44. The fourth-order valence-corrected chi connectivity index (χ4v) is 10.1. The van der Waals surface area contributed by atoms with E-state index in [0.717, 1.165) is 87.2 Å². The third-order valence-corrected chi connectivity index (χ3v) is 13.9. The van der Waals surface area contributed by atoms with E-state index < -0.39 is 17.8 Å². The van der Waals surface area contributed by atoms with E-state index in [4.69, 9.17) is 18.9 Å². The van der Waals surface area contributed by atoms with Crippen molar-refractivity contribution in [3.8, 4) is 11.5 Å². The SMILES string of the molecule is C=CC(=O)OCCN(CCOC(=O)C=C)C(=O)c1cc(OC(=O)C2CCC(C3CCC(CC)CC3)CC2)ccc1OC(=O)C1CCC(C2CCC(CC)CC2)CC1. The fraction of sp³-hybridized carbons (Fsp3) is 0.681. The van der Waals surface area contributed by atoms with Gasteiger partial charge in [-0.25, -0.2) is 9.59 Å². The Balaban J connectivity index is 1.27. The molecule has 0 bridgehead atoms. The molecule has 1 aromatic rings. The lowest BCUT2D eigenvalue weighted by atomic mass is 9.69. The van der Waals surface area contributed by atoms with Crippen molar-refractivity contribution in [3.05, 3.63) is 49.1 Å². The lowest BCUT2D eigenvalue weighted by Crippen LogP contribution is -2.38. The summed E-state index contributed by atoms with van der Waals surface area (Å²) in [6, 6.07) is 4.53. The minimum absolute atomic E-state index is 0.0199. The summed E-state index contributed by atoms with van der Waals surface area (Å²) in [7, 11) is 0. The fourth-order valence-electron chi connectivity index (χ4n) is 10.1. The van der Waals surface area contributed by atoms with Crippen LogP contribution >= 0.6 is 0 Å². The molecule has 4 aliphatic rings. The molecule has 4 aliphatic carbocycles. The van der Waals surface area contributed by atoms with Gasteiger partial charge in [-0.2, -0.15) is 0 Å². The molecule has 1 aromatic carbocycles. The molecule has 0 N–H and O–H groups in total. The van der Waals surface area contributed by atoms with Gasteiger partial charge < -0.3 is 23.8 Å². The normalized spacial score (nSPS) is 27.6. The van der Waals surface area contributed by atoms with Crippen molar-refractivity contribution in [2.45, 2.75) is 129 Å². The zero-order chi connectivity index (χ0) is 40.7. The minimum atomic E-state index is -0.648. The van der Waals surface area contributed by atoms with Gasteiger partial charge >= 0.3 is 23.9 Å². The monoisotopic (exact) mass is 789 g/mol. The van der Waals surface area contributed by atoms with Crippen LogP contribution in [0.4, 0.5) is 0 Å². The predicted molar refractivity (Wildman–Crippen MR) is 218 cm³/mol. The van der Waals surface area contributed by atoms with Gasteiger partial charge in [0, 0.05) is 12.2 Å². The van der Waals surface area contributed by atoms with Crippen molar-refractivity contribution >= 4 is 29.8 Å². The first-order chi connectivity index (χ1) is 27.6. The van der Waals surface area contributed by atoms with Gasteiger partial charge in [-0.3, -0.25) is 14.4 Å². The second-order valence-electron chi connectivity index (χ2n) is 17.1. The third-order valence-electron chi connectivity index (χ3n) is 13.9. The number of hydrogen-bond acceptors (Lipinski definition) is 9. The highest BCUT2D eigenvalue weighted by molar-refractivity contribution is 5.98. The number of esters is 4. The van der Waals surface area contributed by atoms with Gasteiger partial charge in [0.1, 0.15) is 24.7 Å². The summed E-state index contributed by atoms with van der Waals surface area (Å²) in [5.41, 5.74) is 0.0199. The summed E-state index contributed by atoms with van der Waals surface area (Å²) in [5.74, 6) is 1.63. The van der Waals surface area contributed by atoms with Gasteiger partial charge in [-0.05, 0) is 131 Å². The Morgan fingerprint density at radius 1 is 0.596 bits per heavy atom. The first kappa shape index (κ1) is 44.2. The van der Waals surface area contributed by atoms with E-state index in [1.165, 1.54) is 81.2 Å². The quantitative estimate of drug-likeness (QED) is 0.0862. The van der Waals surface area contributed by atoms with E-state index >= 15 is 0 Å². The molecule has 10 nitrogen and oxygen atoms in total. The maximum absolute atomic E-state index is 14.3.